The molecule has 0 unspecified atom stereocenters. The van der Waals surface area contributed by atoms with Crippen molar-refractivity contribution in [3.05, 3.63) is 54.1 Å². The van der Waals surface area contributed by atoms with Gasteiger partial charge in [0, 0.05) is 11.8 Å². The Balaban J connectivity index is 1.71. The zero-order valence-electron chi connectivity index (χ0n) is 13.1. The fraction of sp³-hybridized carbons (Fsp3) is 0.235. The summed E-state index contributed by atoms with van der Waals surface area (Å²) in [6.07, 6.45) is 0. The van der Waals surface area contributed by atoms with E-state index < -0.39 is 17.7 Å². The molecule has 0 heterocycles. The Hall–Kier alpha value is -2.83. The van der Waals surface area contributed by atoms with Gasteiger partial charge in [-0.15, -0.1) is 0 Å². The smallest absolute Gasteiger partial charge is 0.319 e. The predicted molar refractivity (Wildman–Crippen MR) is 86.5 cm³/mol. The molecular weight excluding hydrogens is 318 g/mol. The molecule has 0 spiro atoms. The SMILES string of the molecule is CCOc1ccc(NC(=O)NCCOc2ccc(F)cc2F)cc1. The maximum atomic E-state index is 13.3. The van der Waals surface area contributed by atoms with Crippen molar-refractivity contribution < 1.29 is 23.0 Å². The van der Waals surface area contributed by atoms with Gasteiger partial charge in [-0.25, -0.2) is 13.6 Å². The molecule has 0 radical (unpaired) electrons. The number of halogens is 2. The molecule has 0 fully saturated rings. The van der Waals surface area contributed by atoms with Gasteiger partial charge in [0.25, 0.3) is 0 Å². The van der Waals surface area contributed by atoms with Crippen LogP contribution in [-0.2, 0) is 0 Å². The summed E-state index contributed by atoms with van der Waals surface area (Å²) >= 11 is 0. The molecule has 2 amide bonds. The van der Waals surface area contributed by atoms with Gasteiger partial charge < -0.3 is 20.1 Å². The number of amides is 2. The Bertz CT molecular complexity index is 678. The minimum absolute atomic E-state index is 0.0548. The Morgan fingerprint density at radius 3 is 2.50 bits per heavy atom. The maximum Gasteiger partial charge on any atom is 0.319 e. The number of carbonyl (C=O) groups is 1. The molecule has 2 N–H and O–H groups in total. The second-order valence-corrected chi connectivity index (χ2v) is 4.76. The summed E-state index contributed by atoms with van der Waals surface area (Å²) < 4.78 is 36.5. The van der Waals surface area contributed by atoms with Crippen LogP contribution in [0.25, 0.3) is 0 Å². The van der Waals surface area contributed by atoms with Crippen molar-refractivity contribution in [1.82, 2.24) is 5.32 Å². The highest BCUT2D eigenvalue weighted by molar-refractivity contribution is 5.89. The monoisotopic (exact) mass is 336 g/mol. The number of urea groups is 1. The van der Waals surface area contributed by atoms with Crippen molar-refractivity contribution in [2.24, 2.45) is 0 Å². The highest BCUT2D eigenvalue weighted by Crippen LogP contribution is 2.17. The zero-order chi connectivity index (χ0) is 17.4. The molecule has 0 aliphatic rings. The van der Waals surface area contributed by atoms with Crippen LogP contribution >= 0.6 is 0 Å². The molecule has 7 heteroatoms. The maximum absolute atomic E-state index is 13.3. The van der Waals surface area contributed by atoms with E-state index in [0.29, 0.717) is 12.3 Å². The van der Waals surface area contributed by atoms with Gasteiger partial charge in [-0.05, 0) is 43.3 Å². The van der Waals surface area contributed by atoms with Crippen molar-refractivity contribution in [2.45, 2.75) is 6.92 Å². The van der Waals surface area contributed by atoms with Gasteiger partial charge in [0.05, 0.1) is 13.2 Å². The number of carbonyl (C=O) groups excluding carboxylic acids is 1. The van der Waals surface area contributed by atoms with Crippen LogP contribution in [0.4, 0.5) is 19.3 Å². The van der Waals surface area contributed by atoms with Crippen LogP contribution in [0.2, 0.25) is 0 Å². The molecule has 0 atom stereocenters. The van der Waals surface area contributed by atoms with Crippen LogP contribution in [0.15, 0.2) is 42.5 Å². The highest BCUT2D eigenvalue weighted by Gasteiger charge is 2.05. The number of nitrogens with one attached hydrogen (secondary N) is 2. The molecule has 0 aromatic heterocycles. The van der Waals surface area contributed by atoms with Crippen molar-refractivity contribution >= 4 is 11.7 Å². The van der Waals surface area contributed by atoms with Crippen LogP contribution < -0.4 is 20.1 Å². The van der Waals surface area contributed by atoms with E-state index in [4.69, 9.17) is 9.47 Å². The lowest BCUT2D eigenvalue weighted by Gasteiger charge is -2.10. The topological polar surface area (TPSA) is 59.6 Å². The largest absolute Gasteiger partial charge is 0.494 e. The number of anilines is 1. The van der Waals surface area contributed by atoms with E-state index in [1.54, 1.807) is 24.3 Å². The first-order valence-corrected chi connectivity index (χ1v) is 7.44. The van der Waals surface area contributed by atoms with Gasteiger partial charge >= 0.3 is 6.03 Å². The van der Waals surface area contributed by atoms with Crippen molar-refractivity contribution in [1.29, 1.82) is 0 Å². The Kier molecular flexibility index (Phi) is 6.36. The minimum atomic E-state index is -0.783. The molecule has 2 aromatic carbocycles. The lowest BCUT2D eigenvalue weighted by molar-refractivity contribution is 0.246. The minimum Gasteiger partial charge on any atom is -0.494 e. The van der Waals surface area contributed by atoms with E-state index in [1.165, 1.54) is 6.07 Å². The molecule has 24 heavy (non-hydrogen) atoms. The van der Waals surface area contributed by atoms with Gasteiger partial charge in [-0.2, -0.15) is 0 Å². The van der Waals surface area contributed by atoms with Crippen LogP contribution in [0.1, 0.15) is 6.92 Å². The summed E-state index contributed by atoms with van der Waals surface area (Å²) in [5, 5.41) is 5.21. The van der Waals surface area contributed by atoms with Crippen LogP contribution in [0, 0.1) is 11.6 Å². The van der Waals surface area contributed by atoms with Crippen LogP contribution in [-0.4, -0.2) is 25.8 Å². The third-order valence-corrected chi connectivity index (χ3v) is 2.96. The fourth-order valence-electron chi connectivity index (χ4n) is 1.89. The summed E-state index contributed by atoms with van der Waals surface area (Å²) in [5.74, 6) is -0.801. The van der Waals surface area contributed by atoms with Gasteiger partial charge in [0.1, 0.15) is 18.2 Å². The standard InChI is InChI=1S/C17H18F2N2O3/c1-2-23-14-6-4-13(5-7-14)21-17(22)20-9-10-24-16-8-3-12(18)11-15(16)19/h3-8,11H,2,9-10H2,1H3,(H2,20,21,22). The van der Waals surface area contributed by atoms with E-state index >= 15 is 0 Å². The molecule has 128 valence electrons. The zero-order valence-corrected chi connectivity index (χ0v) is 13.1. The van der Waals surface area contributed by atoms with E-state index in [2.05, 4.69) is 10.6 Å². The van der Waals surface area contributed by atoms with Crippen LogP contribution in [0.5, 0.6) is 11.5 Å². The van der Waals surface area contributed by atoms with Crippen LogP contribution in [0.3, 0.4) is 0 Å². The van der Waals surface area contributed by atoms with E-state index in [0.717, 1.165) is 17.9 Å². The number of rotatable bonds is 7. The lowest BCUT2D eigenvalue weighted by atomic mass is 10.3. The average Bonchev–Trinajstić information content (AvgIpc) is 2.55. The van der Waals surface area contributed by atoms with E-state index in [1.807, 2.05) is 6.92 Å². The molecule has 5 nitrogen and oxygen atoms in total. The highest BCUT2D eigenvalue weighted by atomic mass is 19.1. The fourth-order valence-corrected chi connectivity index (χ4v) is 1.89. The quantitative estimate of drug-likeness (QED) is 0.760. The lowest BCUT2D eigenvalue weighted by Crippen LogP contribution is -2.32. The summed E-state index contributed by atoms with van der Waals surface area (Å²) in [4.78, 5) is 11.7. The van der Waals surface area contributed by atoms with Crippen molar-refractivity contribution in [2.75, 3.05) is 25.1 Å². The number of benzene rings is 2. The number of hydrogen-bond donors (Lipinski definition) is 2. The second-order valence-electron chi connectivity index (χ2n) is 4.76. The number of ether oxygens (including phenoxy) is 2. The first-order valence-electron chi connectivity index (χ1n) is 7.44. The normalized spacial score (nSPS) is 10.1. The molecule has 0 aliphatic carbocycles. The molecular formula is C17H18F2N2O3. The Morgan fingerprint density at radius 1 is 1.08 bits per heavy atom. The molecule has 0 saturated carbocycles. The first-order chi connectivity index (χ1) is 11.6. The summed E-state index contributed by atoms with van der Waals surface area (Å²) in [6, 6.07) is 9.56. The van der Waals surface area contributed by atoms with Crippen molar-refractivity contribution in [3.63, 3.8) is 0 Å². The molecule has 0 bridgehead atoms. The molecule has 0 aliphatic heterocycles. The summed E-state index contributed by atoms with van der Waals surface area (Å²) in [6.45, 7) is 2.68. The van der Waals surface area contributed by atoms with E-state index in [9.17, 15) is 13.6 Å². The van der Waals surface area contributed by atoms with Gasteiger partial charge in [-0.3, -0.25) is 0 Å². The third kappa shape index (κ3) is 5.42. The summed E-state index contributed by atoms with van der Waals surface area (Å²) in [5.41, 5.74) is 0.612. The van der Waals surface area contributed by atoms with Gasteiger partial charge in [-0.1, -0.05) is 0 Å². The summed E-state index contributed by atoms with van der Waals surface area (Å²) in [7, 11) is 0. The van der Waals surface area contributed by atoms with Gasteiger partial charge in [0.15, 0.2) is 11.6 Å². The predicted octanol–water partition coefficient (Wildman–Crippen LogP) is 3.56. The van der Waals surface area contributed by atoms with Gasteiger partial charge in [0.2, 0.25) is 0 Å². The Morgan fingerprint density at radius 2 is 1.83 bits per heavy atom. The molecule has 2 rings (SSSR count). The number of hydrogen-bond acceptors (Lipinski definition) is 3. The van der Waals surface area contributed by atoms with Crippen molar-refractivity contribution in [3.8, 4) is 11.5 Å². The molecule has 2 aromatic rings. The average molecular weight is 336 g/mol. The first kappa shape index (κ1) is 17.5. The second kappa shape index (κ2) is 8.71. The molecule has 0 saturated heterocycles. The van der Waals surface area contributed by atoms with E-state index in [-0.39, 0.29) is 18.9 Å². The third-order valence-electron chi connectivity index (χ3n) is 2.96. The Labute approximate surface area is 138 Å².